The smallest absolute Gasteiger partial charge is 0.354 e. The zero-order chi connectivity index (χ0) is 14.4. The number of carboxylic acid groups (broad SMARTS) is 1. The Hall–Kier alpha value is -2.09. The lowest BCUT2D eigenvalue weighted by Crippen LogP contribution is -2.37. The standard InChI is InChI=1S/C11H12F2N2O4/c12-9(13)6-15(4-5-16)10(17)7-2-1-3-8(14-7)11(18)19/h1-3,9,16H,4-6H2,(H,18,19). The second kappa shape index (κ2) is 6.74. The first-order chi connectivity index (χ1) is 8.95. The van der Waals surface area contributed by atoms with Gasteiger partial charge in [0.2, 0.25) is 0 Å². The molecule has 2 N–H and O–H groups in total. The third-order valence-electron chi connectivity index (χ3n) is 2.20. The van der Waals surface area contributed by atoms with E-state index in [4.69, 9.17) is 10.2 Å². The Bertz CT molecular complexity index is 468. The minimum atomic E-state index is -2.75. The molecule has 0 saturated carbocycles. The third-order valence-corrected chi connectivity index (χ3v) is 2.20. The summed E-state index contributed by atoms with van der Waals surface area (Å²) >= 11 is 0. The number of halogens is 2. The van der Waals surface area contributed by atoms with Gasteiger partial charge in [0.15, 0.2) is 0 Å². The summed E-state index contributed by atoms with van der Waals surface area (Å²) in [6, 6.07) is 3.70. The normalized spacial score (nSPS) is 10.5. The molecule has 0 aliphatic carbocycles. The number of hydrogen-bond donors (Lipinski definition) is 2. The summed E-state index contributed by atoms with van der Waals surface area (Å²) in [5, 5.41) is 17.5. The molecule has 0 aliphatic heterocycles. The van der Waals surface area contributed by atoms with E-state index in [0.29, 0.717) is 0 Å². The van der Waals surface area contributed by atoms with Crippen LogP contribution < -0.4 is 0 Å². The van der Waals surface area contributed by atoms with E-state index in [1.165, 1.54) is 18.2 Å². The van der Waals surface area contributed by atoms with Crippen LogP contribution in [0.25, 0.3) is 0 Å². The average molecular weight is 274 g/mol. The van der Waals surface area contributed by atoms with E-state index in [1.54, 1.807) is 0 Å². The molecule has 19 heavy (non-hydrogen) atoms. The molecule has 104 valence electrons. The second-order valence-electron chi connectivity index (χ2n) is 3.58. The maximum absolute atomic E-state index is 12.3. The largest absolute Gasteiger partial charge is 0.477 e. The van der Waals surface area contributed by atoms with Crippen LogP contribution in [0.15, 0.2) is 18.2 Å². The number of nitrogens with zero attached hydrogens (tertiary/aromatic N) is 2. The van der Waals surface area contributed by atoms with Crippen molar-refractivity contribution in [3.8, 4) is 0 Å². The van der Waals surface area contributed by atoms with Crippen molar-refractivity contribution in [2.75, 3.05) is 19.7 Å². The van der Waals surface area contributed by atoms with Crippen LogP contribution in [0.4, 0.5) is 8.78 Å². The van der Waals surface area contributed by atoms with Crippen molar-refractivity contribution >= 4 is 11.9 Å². The lowest BCUT2D eigenvalue weighted by atomic mass is 10.2. The van der Waals surface area contributed by atoms with E-state index in [0.717, 1.165) is 4.90 Å². The van der Waals surface area contributed by atoms with Crippen molar-refractivity contribution in [3.63, 3.8) is 0 Å². The van der Waals surface area contributed by atoms with Gasteiger partial charge in [-0.25, -0.2) is 18.6 Å². The van der Waals surface area contributed by atoms with Gasteiger partial charge in [-0.15, -0.1) is 0 Å². The average Bonchev–Trinajstić information content (AvgIpc) is 2.37. The third kappa shape index (κ3) is 4.25. The first-order valence-electron chi connectivity index (χ1n) is 5.34. The van der Waals surface area contributed by atoms with Gasteiger partial charge in [0.05, 0.1) is 13.2 Å². The number of aromatic nitrogens is 1. The molecule has 0 spiro atoms. The van der Waals surface area contributed by atoms with Crippen LogP contribution in [-0.4, -0.2) is 58.1 Å². The molecular weight excluding hydrogens is 262 g/mol. The van der Waals surface area contributed by atoms with E-state index < -0.39 is 31.5 Å². The number of alkyl halides is 2. The molecule has 1 aromatic heterocycles. The monoisotopic (exact) mass is 274 g/mol. The fraction of sp³-hybridized carbons (Fsp3) is 0.364. The fourth-order valence-electron chi connectivity index (χ4n) is 1.40. The van der Waals surface area contributed by atoms with Crippen molar-refractivity contribution in [1.29, 1.82) is 0 Å². The topological polar surface area (TPSA) is 90.7 Å². The molecule has 0 aromatic carbocycles. The van der Waals surface area contributed by atoms with Crippen molar-refractivity contribution in [2.45, 2.75) is 6.43 Å². The van der Waals surface area contributed by atoms with Gasteiger partial charge in [0, 0.05) is 6.54 Å². The van der Waals surface area contributed by atoms with E-state index in [-0.39, 0.29) is 17.9 Å². The summed E-state index contributed by atoms with van der Waals surface area (Å²) in [4.78, 5) is 26.9. The van der Waals surface area contributed by atoms with Gasteiger partial charge in [-0.05, 0) is 12.1 Å². The Balaban J connectivity index is 2.95. The van der Waals surface area contributed by atoms with Crippen molar-refractivity contribution in [3.05, 3.63) is 29.6 Å². The molecule has 0 atom stereocenters. The van der Waals surface area contributed by atoms with Gasteiger partial charge in [-0.3, -0.25) is 4.79 Å². The predicted octanol–water partition coefficient (Wildman–Crippen LogP) is 0.479. The molecule has 0 fully saturated rings. The van der Waals surface area contributed by atoms with E-state index >= 15 is 0 Å². The summed E-state index contributed by atoms with van der Waals surface area (Å²) in [6.07, 6.45) is -2.75. The highest BCUT2D eigenvalue weighted by atomic mass is 19.3. The zero-order valence-electron chi connectivity index (χ0n) is 9.79. The summed E-state index contributed by atoms with van der Waals surface area (Å²) < 4.78 is 24.6. The maximum Gasteiger partial charge on any atom is 0.354 e. The lowest BCUT2D eigenvalue weighted by molar-refractivity contribution is 0.0503. The van der Waals surface area contributed by atoms with Gasteiger partial charge in [-0.2, -0.15) is 0 Å². The molecule has 0 radical (unpaired) electrons. The minimum absolute atomic E-state index is 0.256. The summed E-state index contributed by atoms with van der Waals surface area (Å²) in [7, 11) is 0. The van der Waals surface area contributed by atoms with E-state index in [2.05, 4.69) is 4.98 Å². The Morgan fingerprint density at radius 3 is 2.47 bits per heavy atom. The maximum atomic E-state index is 12.3. The number of pyridine rings is 1. The van der Waals surface area contributed by atoms with Crippen LogP contribution in [0.3, 0.4) is 0 Å². The number of aromatic carboxylic acids is 1. The summed E-state index contributed by atoms with van der Waals surface area (Å²) in [6.45, 7) is -1.60. The highest BCUT2D eigenvalue weighted by Gasteiger charge is 2.21. The molecule has 1 rings (SSSR count). The highest BCUT2D eigenvalue weighted by molar-refractivity contribution is 5.94. The quantitative estimate of drug-likeness (QED) is 0.787. The lowest BCUT2D eigenvalue weighted by Gasteiger charge is -2.20. The van der Waals surface area contributed by atoms with E-state index in [9.17, 15) is 18.4 Å². The van der Waals surface area contributed by atoms with Crippen molar-refractivity contribution < 1.29 is 28.6 Å². The Kier molecular flexibility index (Phi) is 5.31. The van der Waals surface area contributed by atoms with Crippen LogP contribution in [0.1, 0.15) is 21.0 Å². The first kappa shape index (κ1) is 15.0. The minimum Gasteiger partial charge on any atom is -0.477 e. The molecule has 6 nitrogen and oxygen atoms in total. The van der Waals surface area contributed by atoms with Gasteiger partial charge in [-0.1, -0.05) is 6.07 Å². The fourth-order valence-corrected chi connectivity index (χ4v) is 1.40. The van der Waals surface area contributed by atoms with Crippen LogP contribution in [0.5, 0.6) is 0 Å². The molecular formula is C11H12F2N2O4. The SMILES string of the molecule is O=C(O)c1cccc(C(=O)N(CCO)CC(F)F)n1. The molecule has 0 saturated heterocycles. The Labute approximate surface area is 107 Å². The number of aliphatic hydroxyl groups excluding tert-OH is 1. The second-order valence-corrected chi connectivity index (χ2v) is 3.58. The predicted molar refractivity (Wildman–Crippen MR) is 60.2 cm³/mol. The number of carboxylic acids is 1. The number of carbonyl (C=O) groups is 2. The molecule has 8 heteroatoms. The number of carbonyl (C=O) groups excluding carboxylic acids is 1. The molecule has 0 unspecified atom stereocenters. The number of amides is 1. The molecule has 1 aromatic rings. The molecule has 1 heterocycles. The zero-order valence-corrected chi connectivity index (χ0v) is 9.79. The molecule has 0 bridgehead atoms. The van der Waals surface area contributed by atoms with Gasteiger partial charge in [0.25, 0.3) is 12.3 Å². The summed E-state index contributed by atoms with van der Waals surface area (Å²) in [5.74, 6) is -2.17. The number of rotatable bonds is 6. The molecule has 1 amide bonds. The van der Waals surface area contributed by atoms with E-state index in [1.807, 2.05) is 0 Å². The Morgan fingerprint density at radius 2 is 1.95 bits per heavy atom. The van der Waals surface area contributed by atoms with Gasteiger partial charge < -0.3 is 15.1 Å². The Morgan fingerprint density at radius 1 is 1.32 bits per heavy atom. The first-order valence-corrected chi connectivity index (χ1v) is 5.34. The van der Waals surface area contributed by atoms with Crippen LogP contribution in [0, 0.1) is 0 Å². The highest BCUT2D eigenvalue weighted by Crippen LogP contribution is 2.07. The van der Waals surface area contributed by atoms with Crippen molar-refractivity contribution in [1.82, 2.24) is 9.88 Å². The van der Waals surface area contributed by atoms with Crippen LogP contribution in [0.2, 0.25) is 0 Å². The van der Waals surface area contributed by atoms with Crippen LogP contribution in [-0.2, 0) is 0 Å². The van der Waals surface area contributed by atoms with Crippen molar-refractivity contribution in [2.24, 2.45) is 0 Å². The van der Waals surface area contributed by atoms with Crippen LogP contribution >= 0.6 is 0 Å². The summed E-state index contributed by atoms with van der Waals surface area (Å²) in [5.41, 5.74) is -0.610. The van der Waals surface area contributed by atoms with Gasteiger partial charge >= 0.3 is 5.97 Å². The number of aliphatic hydroxyl groups is 1. The van der Waals surface area contributed by atoms with Gasteiger partial charge in [0.1, 0.15) is 11.4 Å². The number of hydrogen-bond acceptors (Lipinski definition) is 4. The molecule has 0 aliphatic rings.